The van der Waals surface area contributed by atoms with Crippen LogP contribution in [0.1, 0.15) is 49.2 Å². The molecule has 0 aliphatic rings. The molecule has 1 aromatic carbocycles. The first-order valence-electron chi connectivity index (χ1n) is 14.8. The quantitative estimate of drug-likeness (QED) is 0.133. The number of H-pyrrole nitrogens is 1. The fourth-order valence-corrected chi connectivity index (χ4v) is 4.18. The van der Waals surface area contributed by atoms with Gasteiger partial charge in [-0.2, -0.15) is 18.2 Å². The molecule has 1 atom stereocenters. The molecule has 49 heavy (non-hydrogen) atoms. The lowest BCUT2D eigenvalue weighted by atomic mass is 10.1. The second-order valence-electron chi connectivity index (χ2n) is 10.8. The van der Waals surface area contributed by atoms with Crippen molar-refractivity contribution in [2.24, 2.45) is 5.92 Å². The first-order valence-corrected chi connectivity index (χ1v) is 14.8. The van der Waals surface area contributed by atoms with Crippen LogP contribution in [0.4, 0.5) is 24.8 Å². The van der Waals surface area contributed by atoms with Crippen molar-refractivity contribution in [1.82, 2.24) is 30.6 Å². The minimum absolute atomic E-state index is 0.0791. The molecular formula is C30H35F3N8O8. The number of alkyl halides is 3. The van der Waals surface area contributed by atoms with E-state index in [1.807, 2.05) is 0 Å². The summed E-state index contributed by atoms with van der Waals surface area (Å²) in [5.41, 5.74) is -1.96. The van der Waals surface area contributed by atoms with Crippen molar-refractivity contribution in [2.45, 2.75) is 51.9 Å². The highest BCUT2D eigenvalue weighted by Gasteiger charge is 2.43. The Balaban J connectivity index is 1.79. The highest BCUT2D eigenvalue weighted by atomic mass is 19.4. The first kappa shape index (κ1) is 38.0. The monoisotopic (exact) mass is 692 g/mol. The third-order valence-electron chi connectivity index (χ3n) is 6.78. The van der Waals surface area contributed by atoms with Crippen LogP contribution in [0.25, 0.3) is 11.2 Å². The lowest BCUT2D eigenvalue weighted by molar-refractivity contribution is -0.170. The number of methoxy groups -OCH3 is 2. The number of hydrogen-bond donors (Lipinski definition) is 4. The SMILES string of the molecule is COCCCNC(=O)CC[C@H](NC(=O)c1ccc(N(Cc2cnc3nc(NC(=O)C(C)C)[nH]c(=O)c3n2)C(=O)C(F)(F)F)cc1)C(=O)OC. The smallest absolute Gasteiger partial charge is 0.467 e. The fraction of sp³-hybridized carbons (Fsp3) is 0.433. The van der Waals surface area contributed by atoms with E-state index in [0.29, 0.717) is 24.5 Å². The number of ether oxygens (including phenoxy) is 2. The molecule has 4 amide bonds. The summed E-state index contributed by atoms with van der Waals surface area (Å²) in [4.78, 5) is 89.0. The highest BCUT2D eigenvalue weighted by molar-refractivity contribution is 5.99. The van der Waals surface area contributed by atoms with E-state index in [1.165, 1.54) is 7.11 Å². The van der Waals surface area contributed by atoms with Crippen LogP contribution >= 0.6 is 0 Å². The minimum Gasteiger partial charge on any atom is -0.467 e. The molecule has 0 bridgehead atoms. The largest absolute Gasteiger partial charge is 0.471 e. The van der Waals surface area contributed by atoms with E-state index < -0.39 is 53.9 Å². The Morgan fingerprint density at radius 3 is 2.35 bits per heavy atom. The number of aromatic nitrogens is 4. The normalized spacial score (nSPS) is 11.9. The maximum atomic E-state index is 13.6. The van der Waals surface area contributed by atoms with E-state index in [1.54, 1.807) is 13.8 Å². The molecule has 0 aliphatic heterocycles. The molecule has 0 aliphatic carbocycles. The standard InChI is InChI=1S/C30H35F3N8O8/c1-16(2)24(43)39-29-38-23-22(26(45)40-29)36-18(14-35-23)15-41(28(47)30(31,32)33)19-8-6-17(7-9-19)25(44)37-20(27(46)49-4)10-11-21(42)34-12-5-13-48-3/h6-9,14,16,20H,5,10-13,15H2,1-4H3,(H,34,42)(H,37,44)(H2,35,38,39,40,43,45)/t20-/m0/s1. The van der Waals surface area contributed by atoms with Crippen molar-refractivity contribution in [2.75, 3.05) is 37.6 Å². The Kier molecular flexibility index (Phi) is 13.3. The highest BCUT2D eigenvalue weighted by Crippen LogP contribution is 2.26. The number of amides is 4. The van der Waals surface area contributed by atoms with Gasteiger partial charge in [-0.15, -0.1) is 0 Å². The molecule has 4 N–H and O–H groups in total. The Bertz CT molecular complexity index is 1730. The Morgan fingerprint density at radius 2 is 1.73 bits per heavy atom. The lowest BCUT2D eigenvalue weighted by Crippen LogP contribution is -2.42. The summed E-state index contributed by atoms with van der Waals surface area (Å²) in [6, 6.07) is 3.20. The average molecular weight is 693 g/mol. The Labute approximate surface area is 277 Å². The van der Waals surface area contributed by atoms with Gasteiger partial charge in [-0.3, -0.25) is 39.2 Å². The van der Waals surface area contributed by atoms with Crippen LogP contribution in [0, 0.1) is 5.92 Å². The molecule has 3 rings (SSSR count). The van der Waals surface area contributed by atoms with E-state index in [2.05, 4.69) is 35.9 Å². The summed E-state index contributed by atoms with van der Waals surface area (Å²) in [7, 11) is 2.62. The number of rotatable bonds is 15. The number of fused-ring (bicyclic) bond motifs is 1. The number of nitrogens with one attached hydrogen (secondary N) is 4. The zero-order valence-electron chi connectivity index (χ0n) is 27.0. The van der Waals surface area contributed by atoms with Crippen LogP contribution < -0.4 is 26.4 Å². The number of anilines is 2. The van der Waals surface area contributed by atoms with E-state index in [0.717, 1.165) is 37.6 Å². The van der Waals surface area contributed by atoms with E-state index in [-0.39, 0.29) is 52.8 Å². The van der Waals surface area contributed by atoms with Crippen molar-refractivity contribution in [3.8, 4) is 0 Å². The summed E-state index contributed by atoms with van der Waals surface area (Å²) < 4.78 is 50.5. The van der Waals surface area contributed by atoms with Crippen LogP contribution in [-0.4, -0.2) is 89.1 Å². The number of nitrogens with zero attached hydrogens (tertiary/aromatic N) is 4. The Hall–Kier alpha value is -5.46. The number of benzene rings is 1. The average Bonchev–Trinajstić information content (AvgIpc) is 3.06. The van der Waals surface area contributed by atoms with Gasteiger partial charge in [0.25, 0.3) is 11.5 Å². The first-order chi connectivity index (χ1) is 23.1. The molecule has 2 heterocycles. The lowest BCUT2D eigenvalue weighted by Gasteiger charge is -2.24. The topological polar surface area (TPSA) is 215 Å². The van der Waals surface area contributed by atoms with Gasteiger partial charge in [0.05, 0.1) is 25.5 Å². The van der Waals surface area contributed by atoms with Crippen LogP contribution in [0.15, 0.2) is 35.3 Å². The van der Waals surface area contributed by atoms with Crippen molar-refractivity contribution in [3.63, 3.8) is 0 Å². The van der Waals surface area contributed by atoms with Gasteiger partial charge in [0.2, 0.25) is 17.8 Å². The van der Waals surface area contributed by atoms with Crippen molar-refractivity contribution >= 4 is 52.4 Å². The molecule has 19 heteroatoms. The maximum absolute atomic E-state index is 13.6. The predicted molar refractivity (Wildman–Crippen MR) is 167 cm³/mol. The predicted octanol–water partition coefficient (Wildman–Crippen LogP) is 1.61. The molecule has 16 nitrogen and oxygen atoms in total. The second-order valence-corrected chi connectivity index (χ2v) is 10.8. The van der Waals surface area contributed by atoms with Gasteiger partial charge in [-0.05, 0) is 37.1 Å². The number of carbonyl (C=O) groups is 5. The van der Waals surface area contributed by atoms with E-state index in [9.17, 15) is 41.9 Å². The van der Waals surface area contributed by atoms with Crippen molar-refractivity contribution in [3.05, 3.63) is 52.1 Å². The van der Waals surface area contributed by atoms with E-state index >= 15 is 0 Å². The third-order valence-corrected chi connectivity index (χ3v) is 6.78. The van der Waals surface area contributed by atoms with Crippen LogP contribution in [-0.2, 0) is 35.2 Å². The van der Waals surface area contributed by atoms with Gasteiger partial charge in [-0.1, -0.05) is 13.8 Å². The minimum atomic E-state index is -5.31. The van der Waals surface area contributed by atoms with Crippen LogP contribution in [0.5, 0.6) is 0 Å². The molecule has 3 aromatic rings. The van der Waals surface area contributed by atoms with Gasteiger partial charge < -0.3 is 20.1 Å². The number of halogens is 3. The Morgan fingerprint density at radius 1 is 1.04 bits per heavy atom. The molecule has 0 fully saturated rings. The molecule has 0 radical (unpaired) electrons. The molecule has 2 aromatic heterocycles. The molecular weight excluding hydrogens is 657 g/mol. The number of hydrogen-bond acceptors (Lipinski definition) is 11. The maximum Gasteiger partial charge on any atom is 0.471 e. The fourth-order valence-electron chi connectivity index (χ4n) is 4.18. The summed E-state index contributed by atoms with van der Waals surface area (Å²) in [6.07, 6.45) is -3.92. The van der Waals surface area contributed by atoms with Crippen molar-refractivity contribution < 1.29 is 46.6 Å². The number of esters is 1. The molecule has 0 spiro atoms. The summed E-state index contributed by atoms with van der Waals surface area (Å²) in [5.74, 6) is -5.31. The molecule has 264 valence electrons. The summed E-state index contributed by atoms with van der Waals surface area (Å²) in [6.45, 7) is 3.26. The van der Waals surface area contributed by atoms with Crippen LogP contribution in [0.2, 0.25) is 0 Å². The molecule has 0 saturated heterocycles. The van der Waals surface area contributed by atoms with Gasteiger partial charge in [0.1, 0.15) is 6.04 Å². The second kappa shape index (κ2) is 17.1. The molecule has 0 saturated carbocycles. The number of carbonyl (C=O) groups excluding carboxylic acids is 5. The third kappa shape index (κ3) is 10.8. The van der Waals surface area contributed by atoms with Gasteiger partial charge in [0.15, 0.2) is 11.2 Å². The summed E-state index contributed by atoms with van der Waals surface area (Å²) >= 11 is 0. The van der Waals surface area contributed by atoms with Gasteiger partial charge >= 0.3 is 18.1 Å². The zero-order valence-corrected chi connectivity index (χ0v) is 27.0. The van der Waals surface area contributed by atoms with Crippen LogP contribution in [0.3, 0.4) is 0 Å². The molecule has 0 unspecified atom stereocenters. The van der Waals surface area contributed by atoms with E-state index in [4.69, 9.17) is 9.47 Å². The van der Waals surface area contributed by atoms with Gasteiger partial charge in [0, 0.05) is 43.9 Å². The van der Waals surface area contributed by atoms with Gasteiger partial charge in [-0.25, -0.2) is 14.8 Å². The van der Waals surface area contributed by atoms with Crippen molar-refractivity contribution in [1.29, 1.82) is 0 Å². The zero-order chi connectivity index (χ0) is 36.3. The summed E-state index contributed by atoms with van der Waals surface area (Å²) in [5, 5.41) is 7.50. The number of aromatic amines is 1.